The van der Waals surface area contributed by atoms with Crippen LogP contribution in [0.2, 0.25) is 0 Å². The number of likely N-dealkylation sites (N-methyl/N-ethyl adjacent to an activating group) is 1. The van der Waals surface area contributed by atoms with Crippen molar-refractivity contribution in [1.82, 2.24) is 0 Å². The number of para-hydroxylation sites is 1. The Kier molecular flexibility index (Phi) is 8.14. The van der Waals surface area contributed by atoms with E-state index in [2.05, 4.69) is 49.9 Å². The van der Waals surface area contributed by atoms with Gasteiger partial charge in [0.05, 0.1) is 7.05 Å². The average Bonchev–Trinajstić information content (AvgIpc) is 2.62. The van der Waals surface area contributed by atoms with Crippen LogP contribution in [0, 0.1) is 0 Å². The van der Waals surface area contributed by atoms with Gasteiger partial charge in [-0.25, -0.2) is 0 Å². The number of halogens is 2. The van der Waals surface area contributed by atoms with Gasteiger partial charge in [-0.2, -0.15) is 8.78 Å². The number of amides is 1. The number of carbonyl (C=O) groups excluding carboxylic acids is 1. The Balaban J connectivity index is 2.02. The zero-order valence-electron chi connectivity index (χ0n) is 17.8. The number of hydrogen-bond donors (Lipinski definition) is 2. The molecule has 0 aliphatic rings. The summed E-state index contributed by atoms with van der Waals surface area (Å²) >= 11 is 0. The molecule has 0 aliphatic heterocycles. The van der Waals surface area contributed by atoms with E-state index in [0.717, 1.165) is 27.3 Å². The lowest BCUT2D eigenvalue weighted by Gasteiger charge is -2.21. The second kappa shape index (κ2) is 10.3. The monoisotopic (exact) mass is 405 g/mol. The van der Waals surface area contributed by atoms with Gasteiger partial charge in [-0.05, 0) is 47.2 Å². The van der Waals surface area contributed by atoms with Crippen LogP contribution in [0.15, 0.2) is 42.5 Å². The Bertz CT molecular complexity index is 779. The number of anilines is 1. The number of ether oxygens (including phenoxy) is 1. The molecule has 0 radical (unpaired) electrons. The summed E-state index contributed by atoms with van der Waals surface area (Å²) in [5, 5.41) is 3.13. The van der Waals surface area contributed by atoms with E-state index in [0.29, 0.717) is 24.9 Å². The number of quaternary nitrogens is 1. The third-order valence-electron chi connectivity index (χ3n) is 4.75. The molecule has 0 aromatic heterocycles. The van der Waals surface area contributed by atoms with Gasteiger partial charge in [0, 0.05) is 11.3 Å². The van der Waals surface area contributed by atoms with E-state index in [1.807, 2.05) is 13.1 Å². The third-order valence-corrected chi connectivity index (χ3v) is 4.75. The molecule has 2 aromatic rings. The quantitative estimate of drug-likeness (QED) is 0.657. The summed E-state index contributed by atoms with van der Waals surface area (Å²) in [4.78, 5) is 13.7. The van der Waals surface area contributed by atoms with Crippen molar-refractivity contribution in [1.29, 1.82) is 0 Å². The fraction of sp³-hybridized carbons (Fsp3) is 0.435. The molecule has 0 heterocycles. The predicted molar refractivity (Wildman–Crippen MR) is 112 cm³/mol. The minimum absolute atomic E-state index is 0.0462. The summed E-state index contributed by atoms with van der Waals surface area (Å²) in [5.74, 6) is 0.701. The van der Waals surface area contributed by atoms with E-state index in [1.54, 1.807) is 12.1 Å². The molecule has 0 saturated heterocycles. The predicted octanol–water partition coefficient (Wildman–Crippen LogP) is 4.19. The second-order valence-electron chi connectivity index (χ2n) is 8.00. The smallest absolute Gasteiger partial charge is 0.387 e. The summed E-state index contributed by atoms with van der Waals surface area (Å²) in [6.45, 7) is 6.55. The highest BCUT2D eigenvalue weighted by atomic mass is 19.3. The largest absolute Gasteiger partial charge is 0.435 e. The first-order valence-corrected chi connectivity index (χ1v) is 9.95. The summed E-state index contributed by atoms with van der Waals surface area (Å²) in [5.41, 5.74) is 4.14. The lowest BCUT2D eigenvalue weighted by atomic mass is 9.92. The first-order chi connectivity index (χ1) is 13.7. The molecule has 0 bridgehead atoms. The molecule has 2 aromatic carbocycles. The van der Waals surface area contributed by atoms with E-state index >= 15 is 0 Å². The molecule has 0 spiro atoms. The van der Waals surface area contributed by atoms with Crippen LogP contribution in [0.3, 0.4) is 0 Å². The highest BCUT2D eigenvalue weighted by Crippen LogP contribution is 2.32. The number of alkyl halides is 2. The molecule has 4 nitrogen and oxygen atoms in total. The van der Waals surface area contributed by atoms with Gasteiger partial charge in [0.2, 0.25) is 0 Å². The second-order valence-corrected chi connectivity index (χ2v) is 8.00. The van der Waals surface area contributed by atoms with Crippen molar-refractivity contribution < 1.29 is 23.2 Å². The van der Waals surface area contributed by atoms with Crippen molar-refractivity contribution in [3.8, 4) is 5.75 Å². The van der Waals surface area contributed by atoms with Crippen LogP contribution in [0.25, 0.3) is 0 Å². The number of nitrogens with one attached hydrogen (secondary N) is 2. The summed E-state index contributed by atoms with van der Waals surface area (Å²) in [7, 11) is 1.93. The Morgan fingerprint density at radius 1 is 1.00 bits per heavy atom. The minimum atomic E-state index is -2.83. The Morgan fingerprint density at radius 3 is 2.03 bits per heavy atom. The Morgan fingerprint density at radius 2 is 1.55 bits per heavy atom. The molecule has 1 unspecified atom stereocenters. The standard InChI is InChI=1S/C23H30F2N2O2/c1-15(2)19-7-6-8-20(16(3)4)22(19)26-21(28)14-27(5)13-17-9-11-18(12-10-17)29-23(24)25/h6-12,15-16,23H,13-14H2,1-5H3,(H,26,28)/p+1. The van der Waals surface area contributed by atoms with Crippen molar-refractivity contribution >= 4 is 11.6 Å². The summed E-state index contributed by atoms with van der Waals surface area (Å²) in [6, 6.07) is 12.7. The molecule has 2 rings (SSSR count). The summed E-state index contributed by atoms with van der Waals surface area (Å²) in [6.07, 6.45) is 0. The first kappa shape index (κ1) is 22.8. The van der Waals surface area contributed by atoms with Crippen LogP contribution in [0.4, 0.5) is 14.5 Å². The average molecular weight is 406 g/mol. The molecule has 0 aliphatic carbocycles. The maximum atomic E-state index is 12.7. The van der Waals surface area contributed by atoms with E-state index in [-0.39, 0.29) is 11.7 Å². The normalized spacial score (nSPS) is 12.5. The molecule has 1 atom stereocenters. The van der Waals surface area contributed by atoms with Crippen LogP contribution >= 0.6 is 0 Å². The van der Waals surface area contributed by atoms with Crippen LogP contribution < -0.4 is 15.0 Å². The highest BCUT2D eigenvalue weighted by molar-refractivity contribution is 5.93. The zero-order valence-corrected chi connectivity index (χ0v) is 17.8. The fourth-order valence-electron chi connectivity index (χ4n) is 3.35. The SMILES string of the molecule is CC(C)c1cccc(C(C)C)c1NC(=O)C[NH+](C)Cc1ccc(OC(F)F)cc1. The van der Waals surface area contributed by atoms with Crippen LogP contribution in [-0.2, 0) is 11.3 Å². The maximum absolute atomic E-state index is 12.7. The number of carbonyl (C=O) groups is 1. The molecule has 158 valence electrons. The highest BCUT2D eigenvalue weighted by Gasteiger charge is 2.18. The Labute approximate surface area is 171 Å². The van der Waals surface area contributed by atoms with Crippen molar-refractivity contribution in [3.63, 3.8) is 0 Å². The molecule has 0 saturated carbocycles. The number of rotatable bonds is 9. The number of benzene rings is 2. The van der Waals surface area contributed by atoms with Crippen molar-refractivity contribution in [2.24, 2.45) is 0 Å². The molecule has 29 heavy (non-hydrogen) atoms. The number of hydrogen-bond acceptors (Lipinski definition) is 2. The maximum Gasteiger partial charge on any atom is 0.387 e. The van der Waals surface area contributed by atoms with Crippen molar-refractivity contribution in [2.45, 2.75) is 52.7 Å². The van der Waals surface area contributed by atoms with E-state index < -0.39 is 6.61 Å². The molecule has 0 fully saturated rings. The summed E-state index contributed by atoms with van der Waals surface area (Å²) < 4.78 is 28.8. The lowest BCUT2D eigenvalue weighted by Crippen LogP contribution is -3.08. The topological polar surface area (TPSA) is 42.8 Å². The van der Waals surface area contributed by atoms with E-state index in [9.17, 15) is 13.6 Å². The van der Waals surface area contributed by atoms with Crippen molar-refractivity contribution in [3.05, 3.63) is 59.2 Å². The zero-order chi connectivity index (χ0) is 21.6. The molecule has 1 amide bonds. The third kappa shape index (κ3) is 6.82. The molecule has 6 heteroatoms. The van der Waals surface area contributed by atoms with Gasteiger partial charge in [0.25, 0.3) is 5.91 Å². The van der Waals surface area contributed by atoms with Gasteiger partial charge in [-0.1, -0.05) is 45.9 Å². The first-order valence-electron chi connectivity index (χ1n) is 9.95. The van der Waals surface area contributed by atoms with Gasteiger partial charge >= 0.3 is 6.61 Å². The van der Waals surface area contributed by atoms with E-state index in [4.69, 9.17) is 0 Å². The minimum Gasteiger partial charge on any atom is -0.435 e. The van der Waals surface area contributed by atoms with Gasteiger partial charge in [0.15, 0.2) is 6.54 Å². The van der Waals surface area contributed by atoms with Crippen molar-refractivity contribution in [2.75, 3.05) is 18.9 Å². The van der Waals surface area contributed by atoms with E-state index in [1.165, 1.54) is 12.1 Å². The molecular weight excluding hydrogens is 374 g/mol. The van der Waals surface area contributed by atoms with Crippen LogP contribution in [0.1, 0.15) is 56.2 Å². The fourth-order valence-corrected chi connectivity index (χ4v) is 3.35. The van der Waals surface area contributed by atoms with Crippen LogP contribution in [0.5, 0.6) is 5.75 Å². The lowest BCUT2D eigenvalue weighted by molar-refractivity contribution is -0.885. The van der Waals surface area contributed by atoms with Crippen LogP contribution in [-0.4, -0.2) is 26.1 Å². The Hall–Kier alpha value is -2.47. The molecule has 2 N–H and O–H groups in total. The van der Waals surface area contributed by atoms with Gasteiger partial charge in [0.1, 0.15) is 12.3 Å². The van der Waals surface area contributed by atoms with Gasteiger partial charge in [-0.15, -0.1) is 0 Å². The van der Waals surface area contributed by atoms with Gasteiger partial charge < -0.3 is 15.0 Å². The molecular formula is C23H31F2N2O2+. The van der Waals surface area contributed by atoms with Gasteiger partial charge in [-0.3, -0.25) is 4.79 Å².